The van der Waals surface area contributed by atoms with Crippen LogP contribution in [0.15, 0.2) is 28.7 Å². The van der Waals surface area contributed by atoms with Gasteiger partial charge in [-0.15, -0.1) is 0 Å². The van der Waals surface area contributed by atoms with Crippen LogP contribution in [0.3, 0.4) is 0 Å². The van der Waals surface area contributed by atoms with Crippen LogP contribution in [-0.4, -0.2) is 24.4 Å². The third-order valence-electron chi connectivity index (χ3n) is 3.59. The van der Waals surface area contributed by atoms with Crippen molar-refractivity contribution in [3.63, 3.8) is 0 Å². The van der Waals surface area contributed by atoms with Gasteiger partial charge >= 0.3 is 0 Å². The van der Waals surface area contributed by atoms with Gasteiger partial charge in [0.05, 0.1) is 6.10 Å². The van der Waals surface area contributed by atoms with Crippen LogP contribution in [0, 0.1) is 11.8 Å². The van der Waals surface area contributed by atoms with Gasteiger partial charge in [-0.25, -0.2) is 0 Å². The van der Waals surface area contributed by atoms with E-state index in [2.05, 4.69) is 28.9 Å². The lowest BCUT2D eigenvalue weighted by Gasteiger charge is -2.32. The molecule has 2 nitrogen and oxygen atoms in total. The third kappa shape index (κ3) is 3.30. The Kier molecular flexibility index (Phi) is 4.60. The topological polar surface area (TPSA) is 29.5 Å². The first-order valence-corrected chi connectivity index (χ1v) is 6.97. The molecular weight excluding hydrogens is 280 g/mol. The summed E-state index contributed by atoms with van der Waals surface area (Å²) in [6.45, 7) is 3.72. The van der Waals surface area contributed by atoms with Crippen molar-refractivity contribution < 1.29 is 9.84 Å². The fraction of sp³-hybridized carbons (Fsp3) is 0.571. The molecule has 0 spiro atoms. The second-order valence-corrected chi connectivity index (χ2v) is 5.72. The maximum atomic E-state index is 10.3. The normalized spacial score (nSPS) is 26.8. The van der Waals surface area contributed by atoms with Gasteiger partial charge in [0.25, 0.3) is 0 Å². The smallest absolute Gasteiger partial charge is 0.0613 e. The van der Waals surface area contributed by atoms with Crippen molar-refractivity contribution in [2.75, 3.05) is 13.2 Å². The molecule has 0 bridgehead atoms. The summed E-state index contributed by atoms with van der Waals surface area (Å²) in [5, 5.41) is 10.3. The summed E-state index contributed by atoms with van der Waals surface area (Å²) in [6, 6.07) is 8.10. The van der Waals surface area contributed by atoms with Crippen LogP contribution in [0.25, 0.3) is 0 Å². The fourth-order valence-corrected chi connectivity index (χ4v) is 2.96. The summed E-state index contributed by atoms with van der Waals surface area (Å²) in [7, 11) is 0. The Morgan fingerprint density at radius 3 is 2.94 bits per heavy atom. The van der Waals surface area contributed by atoms with E-state index in [0.29, 0.717) is 11.8 Å². The second-order valence-electron chi connectivity index (χ2n) is 4.87. The molecule has 0 aliphatic carbocycles. The van der Waals surface area contributed by atoms with E-state index in [0.717, 1.165) is 30.5 Å². The van der Waals surface area contributed by atoms with E-state index in [-0.39, 0.29) is 6.10 Å². The number of ether oxygens (including phenoxy) is 1. The summed E-state index contributed by atoms with van der Waals surface area (Å²) < 4.78 is 6.50. The lowest BCUT2D eigenvalue weighted by Crippen LogP contribution is -2.35. The molecule has 3 unspecified atom stereocenters. The first kappa shape index (κ1) is 13.1. The van der Waals surface area contributed by atoms with Crippen molar-refractivity contribution in [1.82, 2.24) is 0 Å². The molecule has 0 saturated carbocycles. The van der Waals surface area contributed by atoms with Gasteiger partial charge in [-0.1, -0.05) is 41.1 Å². The van der Waals surface area contributed by atoms with E-state index >= 15 is 0 Å². The third-order valence-corrected chi connectivity index (χ3v) is 4.36. The average Bonchev–Trinajstić information content (AvgIpc) is 2.32. The molecule has 1 aromatic rings. The predicted molar refractivity (Wildman–Crippen MR) is 71.9 cm³/mol. The van der Waals surface area contributed by atoms with E-state index in [1.807, 2.05) is 18.2 Å². The number of benzene rings is 1. The first-order valence-electron chi connectivity index (χ1n) is 6.17. The Balaban J connectivity index is 2.01. The highest BCUT2D eigenvalue weighted by molar-refractivity contribution is 9.10. The summed E-state index contributed by atoms with van der Waals surface area (Å²) in [4.78, 5) is 0. The first-order chi connectivity index (χ1) is 8.18. The van der Waals surface area contributed by atoms with E-state index < -0.39 is 0 Å². The van der Waals surface area contributed by atoms with Crippen LogP contribution in [0.5, 0.6) is 0 Å². The zero-order valence-corrected chi connectivity index (χ0v) is 11.7. The summed E-state index contributed by atoms with van der Waals surface area (Å²) >= 11 is 3.53. The molecule has 1 saturated heterocycles. The number of rotatable bonds is 3. The summed E-state index contributed by atoms with van der Waals surface area (Å²) in [6.07, 6.45) is 1.41. The largest absolute Gasteiger partial charge is 0.392 e. The van der Waals surface area contributed by atoms with E-state index in [1.54, 1.807) is 0 Å². The highest BCUT2D eigenvalue weighted by Crippen LogP contribution is 2.28. The molecular formula is C14H19BrO2. The van der Waals surface area contributed by atoms with Gasteiger partial charge in [0.15, 0.2) is 0 Å². The standard InChI is InChI=1S/C14H19BrO2/c1-10-9-17-7-6-12(10)14(16)8-11-4-2-3-5-13(11)15/h2-5,10,12,14,16H,6-9H2,1H3. The molecule has 1 aromatic carbocycles. The van der Waals surface area contributed by atoms with E-state index in [9.17, 15) is 5.11 Å². The molecule has 2 rings (SSSR count). The maximum Gasteiger partial charge on any atom is 0.0613 e. The summed E-state index contributed by atoms with van der Waals surface area (Å²) in [5.74, 6) is 0.803. The average molecular weight is 299 g/mol. The van der Waals surface area contributed by atoms with Crippen molar-refractivity contribution in [3.8, 4) is 0 Å². The monoisotopic (exact) mass is 298 g/mol. The van der Waals surface area contributed by atoms with E-state index in [4.69, 9.17) is 4.74 Å². The summed E-state index contributed by atoms with van der Waals surface area (Å²) in [5.41, 5.74) is 1.18. The van der Waals surface area contributed by atoms with Crippen LogP contribution in [-0.2, 0) is 11.2 Å². The zero-order chi connectivity index (χ0) is 12.3. The molecule has 0 amide bonds. The fourth-order valence-electron chi connectivity index (χ4n) is 2.51. The van der Waals surface area contributed by atoms with E-state index in [1.165, 1.54) is 5.56 Å². The number of hydrogen-bond acceptors (Lipinski definition) is 2. The maximum absolute atomic E-state index is 10.3. The van der Waals surface area contributed by atoms with Gasteiger partial charge < -0.3 is 9.84 Å². The Hall–Kier alpha value is -0.380. The molecule has 3 heteroatoms. The van der Waals surface area contributed by atoms with Gasteiger partial charge in [0.1, 0.15) is 0 Å². The van der Waals surface area contributed by atoms with Crippen LogP contribution in [0.2, 0.25) is 0 Å². The van der Waals surface area contributed by atoms with Crippen molar-refractivity contribution in [2.24, 2.45) is 11.8 Å². The van der Waals surface area contributed by atoms with Crippen LogP contribution >= 0.6 is 15.9 Å². The molecule has 1 N–H and O–H groups in total. The lowest BCUT2D eigenvalue weighted by atomic mass is 9.83. The minimum absolute atomic E-state index is 0.271. The molecule has 0 radical (unpaired) electrons. The van der Waals surface area contributed by atoms with Crippen molar-refractivity contribution in [2.45, 2.75) is 25.9 Å². The molecule has 3 atom stereocenters. The number of hydrogen-bond donors (Lipinski definition) is 1. The molecule has 17 heavy (non-hydrogen) atoms. The predicted octanol–water partition coefficient (Wildman–Crippen LogP) is 3.03. The van der Waals surface area contributed by atoms with Gasteiger partial charge in [0.2, 0.25) is 0 Å². The molecule has 0 aromatic heterocycles. The minimum atomic E-state index is -0.271. The molecule has 1 fully saturated rings. The molecule has 1 heterocycles. The quantitative estimate of drug-likeness (QED) is 0.929. The Morgan fingerprint density at radius 2 is 2.24 bits per heavy atom. The molecule has 94 valence electrons. The number of halogens is 1. The van der Waals surface area contributed by atoms with Crippen molar-refractivity contribution >= 4 is 15.9 Å². The highest BCUT2D eigenvalue weighted by atomic mass is 79.9. The number of aliphatic hydroxyl groups excluding tert-OH is 1. The Morgan fingerprint density at radius 1 is 1.47 bits per heavy atom. The van der Waals surface area contributed by atoms with Crippen LogP contribution in [0.1, 0.15) is 18.9 Å². The van der Waals surface area contributed by atoms with Crippen LogP contribution < -0.4 is 0 Å². The van der Waals surface area contributed by atoms with Gasteiger partial charge in [-0.2, -0.15) is 0 Å². The van der Waals surface area contributed by atoms with Gasteiger partial charge in [-0.3, -0.25) is 0 Å². The second kappa shape index (κ2) is 5.98. The van der Waals surface area contributed by atoms with Gasteiger partial charge in [0, 0.05) is 17.7 Å². The highest BCUT2D eigenvalue weighted by Gasteiger charge is 2.28. The van der Waals surface area contributed by atoms with Crippen molar-refractivity contribution in [3.05, 3.63) is 34.3 Å². The SMILES string of the molecule is CC1COCCC1C(O)Cc1ccccc1Br. The lowest BCUT2D eigenvalue weighted by molar-refractivity contribution is -0.0295. The van der Waals surface area contributed by atoms with Crippen LogP contribution in [0.4, 0.5) is 0 Å². The number of aliphatic hydroxyl groups is 1. The Labute approximate surface area is 111 Å². The Bertz CT molecular complexity index is 367. The van der Waals surface area contributed by atoms with Crippen molar-refractivity contribution in [1.29, 1.82) is 0 Å². The minimum Gasteiger partial charge on any atom is -0.392 e. The zero-order valence-electron chi connectivity index (χ0n) is 10.1. The molecule has 1 aliphatic heterocycles. The van der Waals surface area contributed by atoms with Gasteiger partial charge in [-0.05, 0) is 36.3 Å². The molecule has 1 aliphatic rings.